The molecule has 2 nitrogen and oxygen atoms in total. The van der Waals surface area contributed by atoms with E-state index in [1.807, 2.05) is 0 Å². The number of nitriles is 1. The van der Waals surface area contributed by atoms with Gasteiger partial charge in [0.2, 0.25) is 0 Å². The highest BCUT2D eigenvalue weighted by Gasteiger charge is 2.21. The summed E-state index contributed by atoms with van der Waals surface area (Å²) in [6.07, 6.45) is 3.17. The number of ether oxygens (including phenoxy) is 1. The summed E-state index contributed by atoms with van der Waals surface area (Å²) in [5, 5.41) is 10.9. The van der Waals surface area contributed by atoms with Crippen LogP contribution in [0.4, 0.5) is 0 Å². The van der Waals surface area contributed by atoms with Gasteiger partial charge in [0.15, 0.2) is 0 Å². The molecule has 0 spiro atoms. The molecule has 1 aromatic rings. The molecule has 0 saturated heterocycles. The molecule has 0 aliphatic carbocycles. The van der Waals surface area contributed by atoms with Gasteiger partial charge in [-0.25, -0.2) is 0 Å². The van der Waals surface area contributed by atoms with E-state index in [0.29, 0.717) is 5.92 Å². The Kier molecular flexibility index (Phi) is 7.82. The predicted molar refractivity (Wildman–Crippen MR) is 96.6 cm³/mol. The first-order valence-electron chi connectivity index (χ1n) is 8.22. The molecule has 0 N–H and O–H groups in total. The van der Waals surface area contributed by atoms with E-state index in [0.717, 1.165) is 37.4 Å². The highest BCUT2D eigenvalue weighted by atomic mass is 32.2. The summed E-state index contributed by atoms with van der Waals surface area (Å²) < 4.78 is 5.93. The van der Waals surface area contributed by atoms with Crippen LogP contribution in [0.5, 0.6) is 5.75 Å². The summed E-state index contributed by atoms with van der Waals surface area (Å²) in [7, 11) is 0. The molecule has 22 heavy (non-hydrogen) atoms. The SMILES string of the molecule is CCCOc1ccc(C(CC)CCSC#N)cc1C(C)(C)C. The van der Waals surface area contributed by atoms with E-state index in [9.17, 15) is 0 Å². The van der Waals surface area contributed by atoms with Crippen LogP contribution in [0.15, 0.2) is 18.2 Å². The first-order valence-corrected chi connectivity index (χ1v) is 9.20. The molecule has 0 bridgehead atoms. The Morgan fingerprint density at radius 2 is 2.00 bits per heavy atom. The Balaban J connectivity index is 3.04. The standard InChI is InChI=1S/C19H29NOS/c1-6-11-21-18-9-8-16(13-17(18)19(3,4)5)15(7-2)10-12-22-14-20/h8-9,13,15H,6-7,10-12H2,1-5H3. The summed E-state index contributed by atoms with van der Waals surface area (Å²) in [5.74, 6) is 2.43. The molecular formula is C19H29NOS. The Hall–Kier alpha value is -1.14. The van der Waals surface area contributed by atoms with E-state index in [1.165, 1.54) is 22.9 Å². The largest absolute Gasteiger partial charge is 0.493 e. The van der Waals surface area contributed by atoms with Crippen LogP contribution in [0.25, 0.3) is 0 Å². The van der Waals surface area contributed by atoms with Crippen molar-refractivity contribution in [2.24, 2.45) is 0 Å². The number of hydrogen-bond acceptors (Lipinski definition) is 3. The summed E-state index contributed by atoms with van der Waals surface area (Å²) in [4.78, 5) is 0. The molecule has 122 valence electrons. The molecule has 3 heteroatoms. The molecule has 0 radical (unpaired) electrons. The fraction of sp³-hybridized carbons (Fsp3) is 0.632. The fourth-order valence-electron chi connectivity index (χ4n) is 2.58. The van der Waals surface area contributed by atoms with E-state index in [-0.39, 0.29) is 5.41 Å². The molecule has 1 atom stereocenters. The minimum absolute atomic E-state index is 0.0682. The summed E-state index contributed by atoms with van der Waals surface area (Å²) >= 11 is 1.35. The van der Waals surface area contributed by atoms with Crippen LogP contribution >= 0.6 is 11.8 Å². The van der Waals surface area contributed by atoms with Gasteiger partial charge in [0.25, 0.3) is 0 Å². The van der Waals surface area contributed by atoms with Crippen molar-refractivity contribution in [3.05, 3.63) is 29.3 Å². The highest BCUT2D eigenvalue weighted by Crippen LogP contribution is 2.35. The third kappa shape index (κ3) is 5.57. The minimum Gasteiger partial charge on any atom is -0.493 e. The van der Waals surface area contributed by atoms with Gasteiger partial charge in [0, 0.05) is 5.75 Å². The monoisotopic (exact) mass is 319 g/mol. The van der Waals surface area contributed by atoms with Gasteiger partial charge in [-0.05, 0) is 59.6 Å². The third-order valence-electron chi connectivity index (χ3n) is 3.87. The number of benzene rings is 1. The van der Waals surface area contributed by atoms with Gasteiger partial charge in [-0.1, -0.05) is 46.8 Å². The average Bonchev–Trinajstić information content (AvgIpc) is 2.49. The van der Waals surface area contributed by atoms with Crippen LogP contribution < -0.4 is 4.74 Å². The lowest BCUT2D eigenvalue weighted by atomic mass is 9.83. The Morgan fingerprint density at radius 1 is 1.27 bits per heavy atom. The lowest BCUT2D eigenvalue weighted by Crippen LogP contribution is -2.15. The Morgan fingerprint density at radius 3 is 2.55 bits per heavy atom. The van der Waals surface area contributed by atoms with Crippen molar-refractivity contribution in [3.63, 3.8) is 0 Å². The van der Waals surface area contributed by atoms with E-state index < -0.39 is 0 Å². The summed E-state index contributed by atoms with van der Waals surface area (Å²) in [6.45, 7) is 11.8. The van der Waals surface area contributed by atoms with Gasteiger partial charge in [-0.3, -0.25) is 0 Å². The lowest BCUT2D eigenvalue weighted by molar-refractivity contribution is 0.308. The molecule has 1 rings (SSSR count). The Labute approximate surface area is 140 Å². The number of thioether (sulfide) groups is 1. The quantitative estimate of drug-likeness (QED) is 0.443. The maximum absolute atomic E-state index is 8.69. The third-order valence-corrected chi connectivity index (χ3v) is 4.44. The molecule has 0 amide bonds. The van der Waals surface area contributed by atoms with Crippen molar-refractivity contribution < 1.29 is 4.74 Å². The Bertz CT molecular complexity index is 499. The van der Waals surface area contributed by atoms with Gasteiger partial charge in [0.05, 0.1) is 6.61 Å². The second-order valence-electron chi connectivity index (χ2n) is 6.69. The van der Waals surface area contributed by atoms with Gasteiger partial charge in [-0.15, -0.1) is 0 Å². The smallest absolute Gasteiger partial charge is 0.133 e. The lowest BCUT2D eigenvalue weighted by Gasteiger charge is -2.25. The van der Waals surface area contributed by atoms with E-state index >= 15 is 0 Å². The number of nitrogens with zero attached hydrogens (tertiary/aromatic N) is 1. The molecule has 0 saturated carbocycles. The zero-order valence-electron chi connectivity index (χ0n) is 14.6. The van der Waals surface area contributed by atoms with Crippen molar-refractivity contribution in [3.8, 4) is 11.2 Å². The first kappa shape index (κ1) is 18.9. The molecule has 0 aromatic heterocycles. The van der Waals surface area contributed by atoms with Gasteiger partial charge in [-0.2, -0.15) is 5.26 Å². The van der Waals surface area contributed by atoms with Crippen molar-refractivity contribution in [1.29, 1.82) is 5.26 Å². The topological polar surface area (TPSA) is 33.0 Å². The van der Waals surface area contributed by atoms with Gasteiger partial charge in [0.1, 0.15) is 11.2 Å². The van der Waals surface area contributed by atoms with Crippen molar-refractivity contribution in [1.82, 2.24) is 0 Å². The molecular weight excluding hydrogens is 290 g/mol. The summed E-state index contributed by atoms with van der Waals surface area (Å²) in [6, 6.07) is 6.65. The average molecular weight is 320 g/mol. The molecule has 0 aliphatic rings. The highest BCUT2D eigenvalue weighted by molar-refractivity contribution is 8.03. The van der Waals surface area contributed by atoms with Crippen molar-refractivity contribution in [2.45, 2.75) is 65.2 Å². The van der Waals surface area contributed by atoms with Gasteiger partial charge < -0.3 is 4.74 Å². The van der Waals surface area contributed by atoms with Crippen LogP contribution in [0.1, 0.15) is 70.9 Å². The molecule has 0 aliphatic heterocycles. The molecule has 0 heterocycles. The second kappa shape index (κ2) is 9.10. The number of hydrogen-bond donors (Lipinski definition) is 0. The number of thiocyanates is 1. The number of rotatable bonds is 8. The minimum atomic E-state index is 0.0682. The predicted octanol–water partition coefficient (Wildman–Crippen LogP) is 5.87. The molecule has 1 unspecified atom stereocenters. The van der Waals surface area contributed by atoms with Crippen LogP contribution in [0.2, 0.25) is 0 Å². The molecule has 0 fully saturated rings. The van der Waals surface area contributed by atoms with Crippen LogP contribution in [-0.2, 0) is 5.41 Å². The van der Waals surface area contributed by atoms with Crippen molar-refractivity contribution in [2.75, 3.05) is 12.4 Å². The maximum Gasteiger partial charge on any atom is 0.133 e. The summed E-state index contributed by atoms with van der Waals surface area (Å²) in [5.41, 5.74) is 2.72. The van der Waals surface area contributed by atoms with E-state index in [1.54, 1.807) is 0 Å². The maximum atomic E-state index is 8.69. The fourth-order valence-corrected chi connectivity index (χ4v) is 3.07. The normalized spacial score (nSPS) is 12.7. The first-order chi connectivity index (χ1) is 10.4. The second-order valence-corrected chi connectivity index (χ2v) is 7.57. The zero-order valence-corrected chi connectivity index (χ0v) is 15.4. The molecule has 1 aromatic carbocycles. The van der Waals surface area contributed by atoms with Gasteiger partial charge >= 0.3 is 0 Å². The van der Waals surface area contributed by atoms with E-state index in [4.69, 9.17) is 10.00 Å². The van der Waals surface area contributed by atoms with Crippen LogP contribution in [0.3, 0.4) is 0 Å². The van der Waals surface area contributed by atoms with E-state index in [2.05, 4.69) is 58.2 Å². The van der Waals surface area contributed by atoms with Crippen molar-refractivity contribution >= 4 is 11.8 Å². The van der Waals surface area contributed by atoms with Crippen LogP contribution in [-0.4, -0.2) is 12.4 Å². The van der Waals surface area contributed by atoms with Crippen LogP contribution in [0, 0.1) is 10.7 Å². The zero-order chi connectivity index (χ0) is 16.6.